The Balaban J connectivity index is 1.26. The van der Waals surface area contributed by atoms with E-state index < -0.39 is 11.7 Å². The molecule has 6 heteroatoms. The first-order valence-electron chi connectivity index (χ1n) is 12.2. The van der Waals surface area contributed by atoms with Crippen molar-refractivity contribution in [3.05, 3.63) is 70.8 Å². The van der Waals surface area contributed by atoms with E-state index in [0.717, 1.165) is 63.0 Å². The number of halogens is 3. The molecule has 3 aliphatic rings. The molecule has 4 rings (SSSR count). The third kappa shape index (κ3) is 6.56. The van der Waals surface area contributed by atoms with Crippen LogP contribution in [0.2, 0.25) is 0 Å². The number of allylic oxidation sites excluding steroid dienone is 6. The van der Waals surface area contributed by atoms with Gasteiger partial charge in [0.2, 0.25) is 0 Å². The number of hydrogen-bond donors (Lipinski definition) is 1. The van der Waals surface area contributed by atoms with Crippen LogP contribution in [-0.4, -0.2) is 25.2 Å². The molecule has 3 unspecified atom stereocenters. The van der Waals surface area contributed by atoms with E-state index in [1.54, 1.807) is 12.1 Å². The molecule has 2 aliphatic carbocycles. The van der Waals surface area contributed by atoms with Crippen molar-refractivity contribution in [2.75, 3.05) is 13.2 Å². The smallest absolute Gasteiger partial charge is 0.381 e. The van der Waals surface area contributed by atoms with Crippen molar-refractivity contribution in [1.82, 2.24) is 0 Å². The van der Waals surface area contributed by atoms with Crippen LogP contribution in [-0.2, 0) is 22.1 Å². The summed E-state index contributed by atoms with van der Waals surface area (Å²) in [7, 11) is 0. The van der Waals surface area contributed by atoms with Crippen LogP contribution >= 0.6 is 0 Å². The molecule has 2 fully saturated rings. The molecule has 0 spiro atoms. The van der Waals surface area contributed by atoms with Crippen molar-refractivity contribution in [1.29, 1.82) is 5.41 Å². The first kappa shape index (κ1) is 24.6. The minimum atomic E-state index is -4.29. The number of rotatable bonds is 9. The van der Waals surface area contributed by atoms with E-state index >= 15 is 0 Å². The summed E-state index contributed by atoms with van der Waals surface area (Å²) in [6, 6.07) is 5.50. The van der Waals surface area contributed by atoms with Crippen molar-refractivity contribution in [3.8, 4) is 0 Å². The number of carbonyl (C=O) groups excluding carboxylic acids is 1. The van der Waals surface area contributed by atoms with Crippen molar-refractivity contribution < 1.29 is 22.7 Å². The predicted molar refractivity (Wildman–Crippen MR) is 127 cm³/mol. The molecule has 3 nitrogen and oxygen atoms in total. The second kappa shape index (κ2) is 10.9. The van der Waals surface area contributed by atoms with Crippen molar-refractivity contribution in [2.45, 2.75) is 51.1 Å². The Morgan fingerprint density at radius 2 is 1.76 bits per heavy atom. The topological polar surface area (TPSA) is 50.1 Å². The molecule has 1 N–H and O–H groups in total. The minimum absolute atomic E-state index is 0.0268. The lowest BCUT2D eigenvalue weighted by atomic mass is 9.85. The van der Waals surface area contributed by atoms with Gasteiger partial charge in [0.15, 0.2) is 5.78 Å². The summed E-state index contributed by atoms with van der Waals surface area (Å²) in [6.45, 7) is 1.47. The third-order valence-corrected chi connectivity index (χ3v) is 7.29. The molecule has 182 valence electrons. The SMILES string of the molecule is N=CC(CC1CCOCC1)C(=O)C1=CCC=C(CC2CC2Cc2ccc(C(F)(F)F)cc2)C=C1. The summed E-state index contributed by atoms with van der Waals surface area (Å²) >= 11 is 0. The van der Waals surface area contributed by atoms with Crippen LogP contribution in [0.1, 0.15) is 49.7 Å². The normalized spacial score (nSPS) is 24.1. The Hall–Kier alpha value is -2.47. The van der Waals surface area contributed by atoms with E-state index in [1.165, 1.54) is 11.8 Å². The molecular formula is C28H32F3NO2. The molecule has 1 saturated carbocycles. The van der Waals surface area contributed by atoms with Crippen LogP contribution in [0.25, 0.3) is 0 Å². The number of hydrogen-bond acceptors (Lipinski definition) is 3. The highest BCUT2D eigenvalue weighted by molar-refractivity contribution is 6.07. The molecule has 0 radical (unpaired) electrons. The maximum absolute atomic E-state index is 13.0. The van der Waals surface area contributed by atoms with Gasteiger partial charge in [-0.3, -0.25) is 4.79 Å². The van der Waals surface area contributed by atoms with Gasteiger partial charge in [-0.2, -0.15) is 13.2 Å². The molecule has 1 aromatic rings. The van der Waals surface area contributed by atoms with Crippen LogP contribution in [0.4, 0.5) is 13.2 Å². The first-order chi connectivity index (χ1) is 16.3. The zero-order chi connectivity index (χ0) is 24.1. The van der Waals surface area contributed by atoms with Crippen LogP contribution in [0, 0.1) is 29.1 Å². The quantitative estimate of drug-likeness (QED) is 0.406. The van der Waals surface area contributed by atoms with Gasteiger partial charge in [-0.05, 0) is 80.4 Å². The largest absolute Gasteiger partial charge is 0.416 e. The summed E-state index contributed by atoms with van der Waals surface area (Å²) in [5.74, 6) is 1.10. The lowest BCUT2D eigenvalue weighted by Crippen LogP contribution is -2.24. The second-order valence-corrected chi connectivity index (χ2v) is 9.80. The van der Waals surface area contributed by atoms with E-state index in [2.05, 4.69) is 6.08 Å². The summed E-state index contributed by atoms with van der Waals surface area (Å²) < 4.78 is 43.6. The Bertz CT molecular complexity index is 968. The summed E-state index contributed by atoms with van der Waals surface area (Å²) in [4.78, 5) is 13.0. The maximum atomic E-state index is 13.0. The van der Waals surface area contributed by atoms with Gasteiger partial charge in [-0.15, -0.1) is 0 Å². The van der Waals surface area contributed by atoms with Crippen LogP contribution in [0.5, 0.6) is 0 Å². The van der Waals surface area contributed by atoms with E-state index in [0.29, 0.717) is 36.2 Å². The first-order valence-corrected chi connectivity index (χ1v) is 12.2. The molecule has 0 aromatic heterocycles. The molecule has 3 atom stereocenters. The van der Waals surface area contributed by atoms with E-state index in [9.17, 15) is 18.0 Å². The average Bonchev–Trinajstić information content (AvgIpc) is 3.60. The fraction of sp³-hybridized carbons (Fsp3) is 0.500. The number of carbonyl (C=O) groups is 1. The van der Waals surface area contributed by atoms with Gasteiger partial charge in [0.05, 0.1) is 11.5 Å². The van der Waals surface area contributed by atoms with Gasteiger partial charge in [-0.1, -0.05) is 42.0 Å². The summed E-state index contributed by atoms with van der Waals surface area (Å²) in [5, 5.41) is 7.78. The second-order valence-electron chi connectivity index (χ2n) is 9.80. The molecule has 1 aromatic carbocycles. The predicted octanol–water partition coefficient (Wildman–Crippen LogP) is 6.74. The lowest BCUT2D eigenvalue weighted by Gasteiger charge is -2.24. The van der Waals surface area contributed by atoms with Crippen LogP contribution in [0.3, 0.4) is 0 Å². The van der Waals surface area contributed by atoms with Gasteiger partial charge < -0.3 is 10.1 Å². The Labute approximate surface area is 199 Å². The van der Waals surface area contributed by atoms with Gasteiger partial charge >= 0.3 is 6.18 Å². The van der Waals surface area contributed by atoms with Crippen LogP contribution < -0.4 is 0 Å². The van der Waals surface area contributed by atoms with E-state index in [4.69, 9.17) is 10.1 Å². The summed E-state index contributed by atoms with van der Waals surface area (Å²) in [6.07, 6.45) is 11.1. The van der Waals surface area contributed by atoms with Crippen molar-refractivity contribution in [2.24, 2.45) is 23.7 Å². The Kier molecular flexibility index (Phi) is 7.87. The number of nitrogens with one attached hydrogen (secondary N) is 1. The highest BCUT2D eigenvalue weighted by atomic mass is 19.4. The number of ketones is 1. The van der Waals surface area contributed by atoms with Crippen LogP contribution in [0.15, 0.2) is 59.7 Å². The zero-order valence-electron chi connectivity index (χ0n) is 19.3. The standard InChI is InChI=1S/C28H32F3NO2/c29-28(30,31)26-8-5-20(6-9-26)15-24-17-23(24)14-19-2-1-3-22(7-4-19)27(33)25(18-32)16-21-10-12-34-13-11-21/h2-9,18,21,23-25,32H,1,10-17H2. The Morgan fingerprint density at radius 3 is 2.44 bits per heavy atom. The number of ether oxygens (including phenoxy) is 1. The van der Waals surface area contributed by atoms with Gasteiger partial charge in [0.25, 0.3) is 0 Å². The van der Waals surface area contributed by atoms with Crippen molar-refractivity contribution >= 4 is 12.0 Å². The lowest BCUT2D eigenvalue weighted by molar-refractivity contribution is -0.137. The maximum Gasteiger partial charge on any atom is 0.416 e. The summed E-state index contributed by atoms with van der Waals surface area (Å²) in [5.41, 5.74) is 2.23. The fourth-order valence-corrected chi connectivity index (χ4v) is 5.06. The molecule has 0 amide bonds. The molecule has 1 aliphatic heterocycles. The highest BCUT2D eigenvalue weighted by Gasteiger charge is 2.37. The minimum Gasteiger partial charge on any atom is -0.381 e. The van der Waals surface area contributed by atoms with Gasteiger partial charge in [-0.25, -0.2) is 0 Å². The van der Waals surface area contributed by atoms with E-state index in [-0.39, 0.29) is 11.7 Å². The van der Waals surface area contributed by atoms with Gasteiger partial charge in [0.1, 0.15) is 0 Å². The molecule has 34 heavy (non-hydrogen) atoms. The molecule has 1 saturated heterocycles. The third-order valence-electron chi connectivity index (χ3n) is 7.29. The molecule has 1 heterocycles. The number of alkyl halides is 3. The zero-order valence-corrected chi connectivity index (χ0v) is 19.3. The fourth-order valence-electron chi connectivity index (χ4n) is 5.06. The number of benzene rings is 1. The molecule has 0 bridgehead atoms. The Morgan fingerprint density at radius 1 is 1.06 bits per heavy atom. The highest BCUT2D eigenvalue weighted by Crippen LogP contribution is 2.46. The number of Topliss-reactive ketones (excluding diaryl/α,β-unsaturated/α-hetero) is 1. The monoisotopic (exact) mass is 471 g/mol. The van der Waals surface area contributed by atoms with E-state index in [1.807, 2.05) is 18.2 Å². The van der Waals surface area contributed by atoms with Crippen molar-refractivity contribution in [3.63, 3.8) is 0 Å². The van der Waals surface area contributed by atoms with Gasteiger partial charge in [0, 0.05) is 25.0 Å². The molecular weight excluding hydrogens is 439 g/mol. The average molecular weight is 472 g/mol.